The van der Waals surface area contributed by atoms with Crippen LogP contribution in [0.5, 0.6) is 17.2 Å². The summed E-state index contributed by atoms with van der Waals surface area (Å²) in [6, 6.07) is 12.1. The molecule has 0 bridgehead atoms. The predicted octanol–water partition coefficient (Wildman–Crippen LogP) is 5.14. The summed E-state index contributed by atoms with van der Waals surface area (Å²) in [6.07, 6.45) is 3.40. The third-order valence-electron chi connectivity index (χ3n) is 4.19. The van der Waals surface area contributed by atoms with Gasteiger partial charge in [0.2, 0.25) is 0 Å². The first-order valence-electron chi connectivity index (χ1n) is 10.0. The Morgan fingerprint density at radius 1 is 1.03 bits per heavy atom. The van der Waals surface area contributed by atoms with Gasteiger partial charge in [-0.3, -0.25) is 4.68 Å². The number of anilines is 2. The van der Waals surface area contributed by atoms with Crippen LogP contribution >= 0.6 is 12.2 Å². The van der Waals surface area contributed by atoms with E-state index in [0.717, 1.165) is 5.56 Å². The maximum atomic E-state index is 12.6. The van der Waals surface area contributed by atoms with Crippen LogP contribution in [0.15, 0.2) is 54.9 Å². The van der Waals surface area contributed by atoms with Crippen LogP contribution < -0.4 is 24.8 Å². The van der Waals surface area contributed by atoms with Crippen LogP contribution in [0, 0.1) is 0 Å². The lowest BCUT2D eigenvalue weighted by Crippen LogP contribution is -2.19. The van der Waals surface area contributed by atoms with Gasteiger partial charge in [-0.05, 0) is 55.9 Å². The fourth-order valence-electron chi connectivity index (χ4n) is 2.95. The predicted molar refractivity (Wildman–Crippen MR) is 123 cm³/mol. The van der Waals surface area contributed by atoms with E-state index < -0.39 is 6.61 Å². The second-order valence-corrected chi connectivity index (χ2v) is 6.94. The van der Waals surface area contributed by atoms with E-state index in [9.17, 15) is 8.78 Å². The van der Waals surface area contributed by atoms with Crippen molar-refractivity contribution in [2.45, 2.75) is 27.0 Å². The number of benzene rings is 2. The molecule has 3 rings (SSSR count). The van der Waals surface area contributed by atoms with Crippen molar-refractivity contribution in [2.75, 3.05) is 23.8 Å². The first kappa shape index (κ1) is 23.3. The Hall–Kier alpha value is -3.40. The number of nitrogens with one attached hydrogen (secondary N) is 2. The molecule has 2 aromatic carbocycles. The summed E-state index contributed by atoms with van der Waals surface area (Å²) in [5.74, 6) is 1.39. The van der Waals surface area contributed by atoms with Crippen molar-refractivity contribution in [3.63, 3.8) is 0 Å². The summed E-state index contributed by atoms with van der Waals surface area (Å²) >= 11 is 5.28. The molecule has 0 saturated heterocycles. The molecule has 0 aliphatic rings. The van der Waals surface area contributed by atoms with Gasteiger partial charge < -0.3 is 24.8 Å². The van der Waals surface area contributed by atoms with Crippen LogP contribution in [-0.4, -0.2) is 34.7 Å². The second-order valence-electron chi connectivity index (χ2n) is 6.53. The maximum absolute atomic E-state index is 12.6. The number of aromatic nitrogens is 2. The minimum Gasteiger partial charge on any atom is -0.490 e. The van der Waals surface area contributed by atoms with Gasteiger partial charge in [0, 0.05) is 6.20 Å². The quantitative estimate of drug-likeness (QED) is 0.404. The van der Waals surface area contributed by atoms with Crippen molar-refractivity contribution in [3.05, 3.63) is 60.4 Å². The average molecular weight is 463 g/mol. The van der Waals surface area contributed by atoms with Gasteiger partial charge in [0.05, 0.1) is 37.3 Å². The molecule has 1 aromatic heterocycles. The number of thiocarbonyl (C=S) groups is 1. The lowest BCUT2D eigenvalue weighted by atomic mass is 10.2. The zero-order valence-electron chi connectivity index (χ0n) is 17.7. The van der Waals surface area contributed by atoms with Gasteiger partial charge in [-0.15, -0.1) is 0 Å². The minimum atomic E-state index is -2.93. The van der Waals surface area contributed by atoms with E-state index in [-0.39, 0.29) is 10.9 Å². The maximum Gasteiger partial charge on any atom is 0.387 e. The summed E-state index contributed by atoms with van der Waals surface area (Å²) < 4.78 is 42.6. The molecule has 0 radical (unpaired) electrons. The summed E-state index contributed by atoms with van der Waals surface area (Å²) in [4.78, 5) is 0. The molecule has 7 nitrogen and oxygen atoms in total. The molecule has 0 unspecified atom stereocenters. The molecule has 0 amide bonds. The molecule has 0 spiro atoms. The SMILES string of the molecule is CCOc1ccc(Cn2cc(NC(=S)Nc3ccccc3OC(F)F)cn2)cc1OCC. The molecule has 32 heavy (non-hydrogen) atoms. The van der Waals surface area contributed by atoms with Gasteiger partial charge in [0.15, 0.2) is 16.6 Å². The Kier molecular flexibility index (Phi) is 8.20. The molecule has 0 aliphatic carbocycles. The van der Waals surface area contributed by atoms with Crippen molar-refractivity contribution in [1.29, 1.82) is 0 Å². The van der Waals surface area contributed by atoms with E-state index in [1.807, 2.05) is 32.0 Å². The number of para-hydroxylation sites is 2. The third-order valence-corrected chi connectivity index (χ3v) is 4.40. The molecule has 170 valence electrons. The van der Waals surface area contributed by atoms with Crippen molar-refractivity contribution in [2.24, 2.45) is 0 Å². The van der Waals surface area contributed by atoms with Gasteiger partial charge in [0.1, 0.15) is 5.75 Å². The number of ether oxygens (including phenoxy) is 3. The molecule has 10 heteroatoms. The fourth-order valence-corrected chi connectivity index (χ4v) is 3.18. The molecule has 0 fully saturated rings. The van der Waals surface area contributed by atoms with Crippen LogP contribution in [0.2, 0.25) is 0 Å². The van der Waals surface area contributed by atoms with Crippen molar-refractivity contribution < 1.29 is 23.0 Å². The van der Waals surface area contributed by atoms with Crippen molar-refractivity contribution in [3.8, 4) is 17.2 Å². The van der Waals surface area contributed by atoms with E-state index in [0.29, 0.717) is 42.6 Å². The van der Waals surface area contributed by atoms with E-state index in [1.165, 1.54) is 6.07 Å². The van der Waals surface area contributed by atoms with Crippen LogP contribution in [-0.2, 0) is 6.54 Å². The number of hydrogen-bond acceptors (Lipinski definition) is 5. The molecular formula is C22H24F2N4O3S. The van der Waals surface area contributed by atoms with Crippen molar-refractivity contribution in [1.82, 2.24) is 9.78 Å². The van der Waals surface area contributed by atoms with Crippen LogP contribution in [0.1, 0.15) is 19.4 Å². The third kappa shape index (κ3) is 6.55. The Morgan fingerprint density at radius 3 is 2.53 bits per heavy atom. The largest absolute Gasteiger partial charge is 0.490 e. The number of alkyl halides is 2. The van der Waals surface area contributed by atoms with Crippen molar-refractivity contribution >= 4 is 28.7 Å². The molecule has 0 atom stereocenters. The number of hydrogen-bond donors (Lipinski definition) is 2. The highest BCUT2D eigenvalue weighted by Gasteiger charge is 2.11. The van der Waals surface area contributed by atoms with Gasteiger partial charge in [0.25, 0.3) is 0 Å². The summed E-state index contributed by atoms with van der Waals surface area (Å²) in [5.41, 5.74) is 1.96. The summed E-state index contributed by atoms with van der Waals surface area (Å²) in [7, 11) is 0. The minimum absolute atomic E-state index is 0.00273. The highest BCUT2D eigenvalue weighted by Crippen LogP contribution is 2.29. The number of rotatable bonds is 10. The summed E-state index contributed by atoms with van der Waals surface area (Å²) in [5, 5.41) is 10.4. The molecule has 0 aliphatic heterocycles. The lowest BCUT2D eigenvalue weighted by Gasteiger charge is -2.13. The Bertz CT molecular complexity index is 1050. The number of nitrogens with zero attached hydrogens (tertiary/aromatic N) is 2. The summed E-state index contributed by atoms with van der Waals surface area (Å²) in [6.45, 7) is 2.52. The van der Waals surface area contributed by atoms with E-state index >= 15 is 0 Å². The molecule has 2 N–H and O–H groups in total. The van der Waals surface area contributed by atoms with Crippen LogP contribution in [0.4, 0.5) is 20.2 Å². The van der Waals surface area contributed by atoms with E-state index in [4.69, 9.17) is 21.7 Å². The van der Waals surface area contributed by atoms with Crippen LogP contribution in [0.3, 0.4) is 0 Å². The highest BCUT2D eigenvalue weighted by atomic mass is 32.1. The lowest BCUT2D eigenvalue weighted by molar-refractivity contribution is -0.0493. The fraction of sp³-hybridized carbons (Fsp3) is 0.273. The monoisotopic (exact) mass is 462 g/mol. The van der Waals surface area contributed by atoms with E-state index in [2.05, 4.69) is 20.5 Å². The smallest absolute Gasteiger partial charge is 0.387 e. The first-order valence-corrected chi connectivity index (χ1v) is 10.4. The molecule has 0 saturated carbocycles. The Balaban J connectivity index is 1.63. The molecule has 3 aromatic rings. The normalized spacial score (nSPS) is 10.7. The second kappa shape index (κ2) is 11.3. The van der Waals surface area contributed by atoms with Gasteiger partial charge in [-0.1, -0.05) is 18.2 Å². The van der Waals surface area contributed by atoms with Gasteiger partial charge >= 0.3 is 6.61 Å². The van der Waals surface area contributed by atoms with E-state index in [1.54, 1.807) is 35.3 Å². The zero-order valence-corrected chi connectivity index (χ0v) is 18.5. The Labute approximate surface area is 190 Å². The molecule has 1 heterocycles. The molecular weight excluding hydrogens is 438 g/mol. The standard InChI is InChI=1S/C22H24F2N4O3S/c1-3-29-19-10-9-15(11-20(19)30-4-2)13-28-14-16(12-25-28)26-22(32)27-17-7-5-6-8-18(17)31-21(23)24/h5-12,14,21H,3-4,13H2,1-2H3,(H2,26,27,32). The Morgan fingerprint density at radius 2 is 1.78 bits per heavy atom. The number of halogens is 2. The topological polar surface area (TPSA) is 69.6 Å². The zero-order chi connectivity index (χ0) is 22.9. The van der Waals surface area contributed by atoms with Gasteiger partial charge in [-0.25, -0.2) is 0 Å². The van der Waals surface area contributed by atoms with Gasteiger partial charge in [-0.2, -0.15) is 13.9 Å². The first-order chi connectivity index (χ1) is 15.5. The van der Waals surface area contributed by atoms with Crippen LogP contribution in [0.25, 0.3) is 0 Å². The average Bonchev–Trinajstić information content (AvgIpc) is 3.18. The highest BCUT2D eigenvalue weighted by molar-refractivity contribution is 7.80.